The van der Waals surface area contributed by atoms with Crippen LogP contribution in [0.4, 0.5) is 4.39 Å². The van der Waals surface area contributed by atoms with Crippen LogP contribution in [0.2, 0.25) is 5.02 Å². The number of halogens is 2. The van der Waals surface area contributed by atoms with Crippen molar-refractivity contribution in [1.29, 1.82) is 0 Å². The van der Waals surface area contributed by atoms with Gasteiger partial charge in [-0.2, -0.15) is 0 Å². The first kappa shape index (κ1) is 14.3. The van der Waals surface area contributed by atoms with Gasteiger partial charge in [-0.15, -0.1) is 0 Å². The summed E-state index contributed by atoms with van der Waals surface area (Å²) in [6.07, 6.45) is 5.70. The van der Waals surface area contributed by atoms with Crippen LogP contribution in [0.5, 0.6) is 0 Å². The summed E-state index contributed by atoms with van der Waals surface area (Å²) in [6.45, 7) is 2.64. The van der Waals surface area contributed by atoms with Gasteiger partial charge in [0.25, 0.3) is 5.91 Å². The molecule has 0 N–H and O–H groups in total. The van der Waals surface area contributed by atoms with E-state index < -0.39 is 5.82 Å². The molecule has 19 heavy (non-hydrogen) atoms. The standard InChI is InChI=1S/C15H19ClFNO/c1-2-18(12-6-4-3-5-7-12)15(19)13-9-8-11(17)10-14(13)16/h8-10,12H,2-7H2,1H3. The molecule has 0 spiro atoms. The molecule has 104 valence electrons. The second-order valence-corrected chi connectivity index (χ2v) is 5.41. The largest absolute Gasteiger partial charge is 0.336 e. The Hall–Kier alpha value is -1.09. The van der Waals surface area contributed by atoms with E-state index in [-0.39, 0.29) is 10.9 Å². The summed E-state index contributed by atoms with van der Waals surface area (Å²) < 4.78 is 13.0. The summed E-state index contributed by atoms with van der Waals surface area (Å²) in [4.78, 5) is 14.4. The van der Waals surface area contributed by atoms with Gasteiger partial charge in [-0.1, -0.05) is 30.9 Å². The minimum absolute atomic E-state index is 0.0839. The molecule has 0 unspecified atom stereocenters. The Kier molecular flexibility index (Phi) is 4.81. The summed E-state index contributed by atoms with van der Waals surface area (Å²) in [5.41, 5.74) is 0.399. The van der Waals surface area contributed by atoms with E-state index in [1.807, 2.05) is 11.8 Å². The molecule has 1 saturated carbocycles. The van der Waals surface area contributed by atoms with Crippen LogP contribution in [0.15, 0.2) is 18.2 Å². The summed E-state index contributed by atoms with van der Waals surface area (Å²) in [5.74, 6) is -0.498. The Bertz CT molecular complexity index is 457. The maximum Gasteiger partial charge on any atom is 0.255 e. The topological polar surface area (TPSA) is 20.3 Å². The average molecular weight is 284 g/mol. The fourth-order valence-corrected chi connectivity index (χ4v) is 3.03. The molecule has 1 fully saturated rings. The number of carbonyl (C=O) groups is 1. The van der Waals surface area contributed by atoms with Crippen LogP contribution in [-0.4, -0.2) is 23.4 Å². The lowest BCUT2D eigenvalue weighted by atomic mass is 9.93. The van der Waals surface area contributed by atoms with E-state index in [1.54, 1.807) is 0 Å². The van der Waals surface area contributed by atoms with Crippen molar-refractivity contribution in [2.45, 2.75) is 45.1 Å². The number of carbonyl (C=O) groups excluding carboxylic acids is 1. The van der Waals surface area contributed by atoms with Gasteiger partial charge in [0.1, 0.15) is 5.82 Å². The van der Waals surface area contributed by atoms with Crippen molar-refractivity contribution in [1.82, 2.24) is 4.90 Å². The molecule has 1 aliphatic carbocycles. The van der Waals surface area contributed by atoms with Crippen LogP contribution in [0.25, 0.3) is 0 Å². The monoisotopic (exact) mass is 283 g/mol. The molecule has 0 aliphatic heterocycles. The molecule has 1 aliphatic rings. The molecular formula is C15H19ClFNO. The van der Waals surface area contributed by atoms with Gasteiger partial charge in [0.2, 0.25) is 0 Å². The van der Waals surface area contributed by atoms with E-state index in [1.165, 1.54) is 37.5 Å². The summed E-state index contributed by atoms with van der Waals surface area (Å²) in [6, 6.07) is 4.26. The van der Waals surface area contributed by atoms with E-state index in [2.05, 4.69) is 0 Å². The van der Waals surface area contributed by atoms with Crippen LogP contribution in [-0.2, 0) is 0 Å². The van der Waals surface area contributed by atoms with Gasteiger partial charge < -0.3 is 4.90 Å². The number of amides is 1. The van der Waals surface area contributed by atoms with Crippen LogP contribution in [0, 0.1) is 5.82 Å². The molecule has 0 heterocycles. The Morgan fingerprint density at radius 3 is 2.63 bits per heavy atom. The highest BCUT2D eigenvalue weighted by Crippen LogP contribution is 2.26. The summed E-state index contributed by atoms with van der Waals surface area (Å²) >= 11 is 5.98. The molecule has 1 aromatic carbocycles. The van der Waals surface area contributed by atoms with Crippen LogP contribution in [0.3, 0.4) is 0 Å². The van der Waals surface area contributed by atoms with E-state index in [4.69, 9.17) is 11.6 Å². The van der Waals surface area contributed by atoms with Gasteiger partial charge in [-0.05, 0) is 38.0 Å². The fraction of sp³-hybridized carbons (Fsp3) is 0.533. The molecule has 2 rings (SSSR count). The molecule has 0 radical (unpaired) electrons. The molecule has 0 bridgehead atoms. The maximum absolute atomic E-state index is 13.0. The van der Waals surface area contributed by atoms with Crippen molar-refractivity contribution < 1.29 is 9.18 Å². The lowest BCUT2D eigenvalue weighted by Crippen LogP contribution is -2.41. The highest BCUT2D eigenvalue weighted by atomic mass is 35.5. The zero-order valence-electron chi connectivity index (χ0n) is 11.2. The second-order valence-electron chi connectivity index (χ2n) is 5.01. The number of rotatable bonds is 3. The zero-order chi connectivity index (χ0) is 13.8. The minimum Gasteiger partial charge on any atom is -0.336 e. The molecule has 0 aromatic heterocycles. The number of nitrogens with zero attached hydrogens (tertiary/aromatic N) is 1. The third kappa shape index (κ3) is 3.27. The van der Waals surface area contributed by atoms with Gasteiger partial charge in [-0.25, -0.2) is 4.39 Å². The van der Waals surface area contributed by atoms with Gasteiger partial charge in [-0.3, -0.25) is 4.79 Å². The van der Waals surface area contributed by atoms with E-state index in [0.717, 1.165) is 12.8 Å². The molecule has 1 aromatic rings. The fourth-order valence-electron chi connectivity index (χ4n) is 2.78. The minimum atomic E-state index is -0.415. The molecule has 4 heteroatoms. The van der Waals surface area contributed by atoms with Gasteiger partial charge in [0.05, 0.1) is 10.6 Å². The Morgan fingerprint density at radius 2 is 2.05 bits per heavy atom. The van der Waals surface area contributed by atoms with Gasteiger partial charge >= 0.3 is 0 Å². The van der Waals surface area contributed by atoms with Crippen molar-refractivity contribution in [3.63, 3.8) is 0 Å². The van der Waals surface area contributed by atoms with Crippen LogP contribution < -0.4 is 0 Å². The number of benzene rings is 1. The van der Waals surface area contributed by atoms with Crippen molar-refractivity contribution in [2.75, 3.05) is 6.54 Å². The van der Waals surface area contributed by atoms with Crippen molar-refractivity contribution >= 4 is 17.5 Å². The highest BCUT2D eigenvalue weighted by Gasteiger charge is 2.26. The molecular weight excluding hydrogens is 265 g/mol. The van der Waals surface area contributed by atoms with Gasteiger partial charge in [0.15, 0.2) is 0 Å². The van der Waals surface area contributed by atoms with Crippen molar-refractivity contribution in [2.24, 2.45) is 0 Å². The second kappa shape index (κ2) is 6.38. The Morgan fingerprint density at radius 1 is 1.37 bits per heavy atom. The third-order valence-electron chi connectivity index (χ3n) is 3.78. The van der Waals surface area contributed by atoms with Crippen molar-refractivity contribution in [3.8, 4) is 0 Å². The van der Waals surface area contributed by atoms with E-state index in [9.17, 15) is 9.18 Å². The first-order valence-electron chi connectivity index (χ1n) is 6.89. The first-order valence-corrected chi connectivity index (χ1v) is 7.27. The maximum atomic E-state index is 13.0. The van der Waals surface area contributed by atoms with E-state index in [0.29, 0.717) is 18.2 Å². The molecule has 0 saturated heterocycles. The average Bonchev–Trinajstić information content (AvgIpc) is 2.40. The molecule has 2 nitrogen and oxygen atoms in total. The van der Waals surface area contributed by atoms with Crippen LogP contribution in [0.1, 0.15) is 49.4 Å². The zero-order valence-corrected chi connectivity index (χ0v) is 11.9. The lowest BCUT2D eigenvalue weighted by Gasteiger charge is -2.33. The smallest absolute Gasteiger partial charge is 0.255 e. The summed E-state index contributed by atoms with van der Waals surface area (Å²) in [7, 11) is 0. The quantitative estimate of drug-likeness (QED) is 0.811. The first-order chi connectivity index (χ1) is 9.13. The molecule has 1 amide bonds. The Labute approximate surface area is 118 Å². The van der Waals surface area contributed by atoms with Crippen LogP contribution >= 0.6 is 11.6 Å². The predicted octanol–water partition coefficient (Wildman–Crippen LogP) is 4.27. The number of hydrogen-bond donors (Lipinski definition) is 0. The van der Waals surface area contributed by atoms with Crippen molar-refractivity contribution in [3.05, 3.63) is 34.6 Å². The highest BCUT2D eigenvalue weighted by molar-refractivity contribution is 6.33. The predicted molar refractivity (Wildman–Crippen MR) is 75.0 cm³/mol. The van der Waals surface area contributed by atoms with Gasteiger partial charge in [0, 0.05) is 12.6 Å². The number of hydrogen-bond acceptors (Lipinski definition) is 1. The SMILES string of the molecule is CCN(C(=O)c1ccc(F)cc1Cl)C1CCCCC1. The normalized spacial score (nSPS) is 16.4. The van der Waals surface area contributed by atoms with E-state index >= 15 is 0 Å². The summed E-state index contributed by atoms with van der Waals surface area (Å²) in [5, 5.41) is 0.194. The lowest BCUT2D eigenvalue weighted by molar-refractivity contribution is 0.0648. The third-order valence-corrected chi connectivity index (χ3v) is 4.09. The molecule has 0 atom stereocenters. The Balaban J connectivity index is 2.19.